The van der Waals surface area contributed by atoms with E-state index in [0.717, 1.165) is 44.8 Å². The van der Waals surface area contributed by atoms with Crippen LogP contribution in [0.15, 0.2) is 24.3 Å². The molecule has 2 aliphatic rings. The van der Waals surface area contributed by atoms with Gasteiger partial charge in [-0.05, 0) is 46.9 Å². The summed E-state index contributed by atoms with van der Waals surface area (Å²) in [6.07, 6.45) is 3.16. The summed E-state index contributed by atoms with van der Waals surface area (Å²) in [5.41, 5.74) is -0.0773. The molecule has 2 saturated heterocycles. The monoisotopic (exact) mass is 360 g/mol. The zero-order valence-corrected chi connectivity index (χ0v) is 12.4. The highest BCUT2D eigenvalue weighted by atomic mass is 127. The lowest BCUT2D eigenvalue weighted by atomic mass is 9.91. The van der Waals surface area contributed by atoms with Gasteiger partial charge in [-0.2, -0.15) is 0 Å². The molecule has 0 amide bonds. The van der Waals surface area contributed by atoms with E-state index in [9.17, 15) is 0 Å². The van der Waals surface area contributed by atoms with Crippen LogP contribution in [0.5, 0.6) is 5.75 Å². The molecule has 3 rings (SSSR count). The van der Waals surface area contributed by atoms with Crippen LogP contribution in [-0.4, -0.2) is 31.5 Å². The Hall–Kier alpha value is -0.330. The van der Waals surface area contributed by atoms with Crippen LogP contribution in [0.3, 0.4) is 0 Å². The van der Waals surface area contributed by atoms with Gasteiger partial charge in [0.25, 0.3) is 0 Å². The topological polar surface area (TPSA) is 27.7 Å². The number of benzene rings is 1. The van der Waals surface area contributed by atoms with E-state index < -0.39 is 0 Å². The van der Waals surface area contributed by atoms with Crippen LogP contribution < -0.4 is 4.74 Å². The van der Waals surface area contributed by atoms with Crippen LogP contribution in [0.4, 0.5) is 0 Å². The van der Waals surface area contributed by atoms with Gasteiger partial charge in [0, 0.05) is 29.4 Å². The number of hydrogen-bond donors (Lipinski definition) is 0. The van der Waals surface area contributed by atoms with Crippen molar-refractivity contribution in [2.75, 3.05) is 19.8 Å². The summed E-state index contributed by atoms with van der Waals surface area (Å²) in [5.74, 6) is 0.955. The quantitative estimate of drug-likeness (QED) is 0.759. The van der Waals surface area contributed by atoms with Gasteiger partial charge in [-0.1, -0.05) is 0 Å². The van der Waals surface area contributed by atoms with Crippen molar-refractivity contribution in [2.24, 2.45) is 0 Å². The van der Waals surface area contributed by atoms with Crippen LogP contribution in [0, 0.1) is 3.57 Å². The highest BCUT2D eigenvalue weighted by Crippen LogP contribution is 2.34. The largest absolute Gasteiger partial charge is 0.490 e. The zero-order chi connectivity index (χ0) is 12.4. The lowest BCUT2D eigenvalue weighted by Gasteiger charge is -2.37. The molecule has 1 aromatic rings. The average molecular weight is 360 g/mol. The summed E-state index contributed by atoms with van der Waals surface area (Å²) >= 11 is 2.30. The molecule has 4 heteroatoms. The Labute approximate surface area is 121 Å². The van der Waals surface area contributed by atoms with Crippen LogP contribution in [0.2, 0.25) is 0 Å². The molecule has 3 nitrogen and oxygen atoms in total. The van der Waals surface area contributed by atoms with E-state index in [1.807, 2.05) is 12.1 Å². The van der Waals surface area contributed by atoms with Crippen molar-refractivity contribution in [3.05, 3.63) is 27.8 Å². The van der Waals surface area contributed by atoms with E-state index in [1.54, 1.807) is 0 Å². The predicted molar refractivity (Wildman–Crippen MR) is 76.9 cm³/mol. The molecular weight excluding hydrogens is 343 g/mol. The molecule has 0 radical (unpaired) electrons. The fraction of sp³-hybridized carbons (Fsp3) is 0.571. The van der Waals surface area contributed by atoms with E-state index in [2.05, 4.69) is 34.7 Å². The molecule has 1 aromatic carbocycles. The molecule has 0 aromatic heterocycles. The van der Waals surface area contributed by atoms with Gasteiger partial charge in [-0.25, -0.2) is 0 Å². The third-order valence-corrected chi connectivity index (χ3v) is 4.35. The van der Waals surface area contributed by atoms with Crippen molar-refractivity contribution in [2.45, 2.75) is 31.0 Å². The molecule has 0 bridgehead atoms. The summed E-state index contributed by atoms with van der Waals surface area (Å²) < 4.78 is 18.7. The molecular formula is C14H17IO3. The summed E-state index contributed by atoms with van der Waals surface area (Å²) in [7, 11) is 0. The smallest absolute Gasteiger partial charge is 0.119 e. The van der Waals surface area contributed by atoms with Crippen molar-refractivity contribution in [1.82, 2.24) is 0 Å². The lowest BCUT2D eigenvalue weighted by molar-refractivity contribution is -0.112. The molecule has 2 fully saturated rings. The number of ether oxygens (including phenoxy) is 3. The zero-order valence-electron chi connectivity index (χ0n) is 10.2. The fourth-order valence-electron chi connectivity index (χ4n) is 2.65. The average Bonchev–Trinajstić information content (AvgIpc) is 2.80. The Balaban J connectivity index is 1.64. The van der Waals surface area contributed by atoms with Crippen LogP contribution >= 0.6 is 22.6 Å². The van der Waals surface area contributed by atoms with Gasteiger partial charge in [0.2, 0.25) is 0 Å². The summed E-state index contributed by atoms with van der Waals surface area (Å²) in [4.78, 5) is 0. The number of halogens is 1. The SMILES string of the molecule is Ic1ccc(OC2CCOC3(CCOC3)C2)cc1. The maximum absolute atomic E-state index is 6.06. The Morgan fingerprint density at radius 1 is 1.22 bits per heavy atom. The van der Waals surface area contributed by atoms with Gasteiger partial charge in [0.05, 0.1) is 18.8 Å². The van der Waals surface area contributed by atoms with E-state index in [1.165, 1.54) is 3.57 Å². The van der Waals surface area contributed by atoms with E-state index in [4.69, 9.17) is 14.2 Å². The Bertz CT molecular complexity index is 398. The summed E-state index contributed by atoms with van der Waals surface area (Å²) in [6, 6.07) is 8.22. The molecule has 2 unspecified atom stereocenters. The molecule has 0 aliphatic carbocycles. The minimum Gasteiger partial charge on any atom is -0.490 e. The van der Waals surface area contributed by atoms with E-state index in [0.29, 0.717) is 0 Å². The highest BCUT2D eigenvalue weighted by molar-refractivity contribution is 14.1. The normalized spacial score (nSPS) is 31.7. The first-order valence-corrected chi connectivity index (χ1v) is 7.48. The van der Waals surface area contributed by atoms with Crippen LogP contribution in [0.25, 0.3) is 0 Å². The van der Waals surface area contributed by atoms with Crippen molar-refractivity contribution in [1.29, 1.82) is 0 Å². The first-order valence-electron chi connectivity index (χ1n) is 6.40. The number of hydrogen-bond acceptors (Lipinski definition) is 3. The standard InChI is InChI=1S/C14H17IO3/c15-11-1-3-12(4-2-11)18-13-5-7-17-14(9-13)6-8-16-10-14/h1-4,13H,5-10H2. The molecule has 1 spiro atoms. The Morgan fingerprint density at radius 3 is 2.78 bits per heavy atom. The third-order valence-electron chi connectivity index (χ3n) is 3.63. The molecule has 2 heterocycles. The fourth-order valence-corrected chi connectivity index (χ4v) is 3.01. The second kappa shape index (κ2) is 5.35. The molecule has 18 heavy (non-hydrogen) atoms. The van der Waals surface area contributed by atoms with Crippen molar-refractivity contribution in [3.8, 4) is 5.75 Å². The maximum atomic E-state index is 6.06. The van der Waals surface area contributed by atoms with Gasteiger partial charge in [0.1, 0.15) is 11.9 Å². The Kier molecular flexibility index (Phi) is 3.77. The van der Waals surface area contributed by atoms with Crippen molar-refractivity contribution in [3.63, 3.8) is 0 Å². The molecule has 0 N–H and O–H groups in total. The van der Waals surface area contributed by atoms with Gasteiger partial charge >= 0.3 is 0 Å². The van der Waals surface area contributed by atoms with Crippen molar-refractivity contribution < 1.29 is 14.2 Å². The first-order chi connectivity index (χ1) is 8.76. The second-order valence-electron chi connectivity index (χ2n) is 5.02. The number of rotatable bonds is 2. The van der Waals surface area contributed by atoms with Crippen molar-refractivity contribution >= 4 is 22.6 Å². The van der Waals surface area contributed by atoms with E-state index in [-0.39, 0.29) is 11.7 Å². The van der Waals surface area contributed by atoms with E-state index >= 15 is 0 Å². The Morgan fingerprint density at radius 2 is 2.06 bits per heavy atom. The molecule has 0 saturated carbocycles. The lowest BCUT2D eigenvalue weighted by Crippen LogP contribution is -2.44. The van der Waals surface area contributed by atoms with Gasteiger partial charge < -0.3 is 14.2 Å². The van der Waals surface area contributed by atoms with Gasteiger partial charge in [0.15, 0.2) is 0 Å². The molecule has 2 aliphatic heterocycles. The maximum Gasteiger partial charge on any atom is 0.119 e. The second-order valence-corrected chi connectivity index (χ2v) is 6.27. The minimum absolute atomic E-state index is 0.0773. The molecule has 2 atom stereocenters. The van der Waals surface area contributed by atoms with Gasteiger partial charge in [-0.3, -0.25) is 0 Å². The third kappa shape index (κ3) is 2.81. The highest BCUT2D eigenvalue weighted by Gasteiger charge is 2.41. The predicted octanol–water partition coefficient (Wildman–Crippen LogP) is 3.01. The molecule has 98 valence electrons. The van der Waals surface area contributed by atoms with Crippen LogP contribution in [-0.2, 0) is 9.47 Å². The summed E-state index contributed by atoms with van der Waals surface area (Å²) in [6.45, 7) is 2.31. The minimum atomic E-state index is -0.0773. The first kappa shape index (κ1) is 12.7. The van der Waals surface area contributed by atoms with Gasteiger partial charge in [-0.15, -0.1) is 0 Å². The van der Waals surface area contributed by atoms with Crippen LogP contribution in [0.1, 0.15) is 19.3 Å². The summed E-state index contributed by atoms with van der Waals surface area (Å²) in [5, 5.41) is 0.